The summed E-state index contributed by atoms with van der Waals surface area (Å²) in [7, 11) is 1.86. The first-order valence-electron chi connectivity index (χ1n) is 7.77. The molecule has 0 aliphatic rings. The van der Waals surface area contributed by atoms with Crippen molar-refractivity contribution < 1.29 is 14.3 Å². The van der Waals surface area contributed by atoms with Crippen LogP contribution in [-0.2, 0) is 23.2 Å². The van der Waals surface area contributed by atoms with Gasteiger partial charge in [-0.2, -0.15) is 0 Å². The van der Waals surface area contributed by atoms with Crippen LogP contribution in [0.4, 0.5) is 0 Å². The first-order chi connectivity index (χ1) is 11.3. The Hall–Kier alpha value is -2.02. The maximum Gasteiger partial charge on any atom is 0.322 e. The Morgan fingerprint density at radius 2 is 1.92 bits per heavy atom. The highest BCUT2D eigenvalue weighted by Gasteiger charge is 2.32. The largest absolute Gasteiger partial charge is 0.486 e. The van der Waals surface area contributed by atoms with Crippen molar-refractivity contribution in [2.75, 3.05) is 6.61 Å². The average molecular weight is 349 g/mol. The molecule has 0 saturated carbocycles. The lowest BCUT2D eigenvalue weighted by Crippen LogP contribution is -2.30. The molecule has 24 heavy (non-hydrogen) atoms. The van der Waals surface area contributed by atoms with E-state index in [1.165, 1.54) is 17.3 Å². The number of carbonyl (C=O) groups is 1. The van der Waals surface area contributed by atoms with Crippen LogP contribution in [-0.4, -0.2) is 32.1 Å². The third-order valence-electron chi connectivity index (χ3n) is 3.43. The summed E-state index contributed by atoms with van der Waals surface area (Å²) in [5.41, 5.74) is 1.18. The maximum absolute atomic E-state index is 12.0. The van der Waals surface area contributed by atoms with Crippen LogP contribution in [0.15, 0.2) is 29.4 Å². The van der Waals surface area contributed by atoms with E-state index in [0.29, 0.717) is 24.2 Å². The van der Waals surface area contributed by atoms with Gasteiger partial charge in [0.05, 0.1) is 6.61 Å². The maximum atomic E-state index is 12.0. The molecule has 0 unspecified atom stereocenters. The molecule has 0 bridgehead atoms. The van der Waals surface area contributed by atoms with Gasteiger partial charge in [0.1, 0.15) is 17.1 Å². The van der Waals surface area contributed by atoms with Gasteiger partial charge in [-0.05, 0) is 39.8 Å². The fraction of sp³-hybridized carbons (Fsp3) is 0.471. The Labute approximate surface area is 146 Å². The van der Waals surface area contributed by atoms with Gasteiger partial charge >= 0.3 is 5.97 Å². The highest BCUT2D eigenvalue weighted by Crippen LogP contribution is 2.32. The zero-order chi connectivity index (χ0) is 17.7. The lowest BCUT2D eigenvalue weighted by molar-refractivity contribution is -0.145. The minimum Gasteiger partial charge on any atom is -0.486 e. The number of carbonyl (C=O) groups excluding carboxylic acids is 1. The number of hydrogen-bond donors (Lipinski definition) is 0. The number of aryl methyl sites for hydroxylation is 1. The molecule has 0 fully saturated rings. The summed E-state index contributed by atoms with van der Waals surface area (Å²) in [5, 5.41) is 8.96. The molecule has 0 aliphatic carbocycles. The Bertz CT molecular complexity index is 696. The van der Waals surface area contributed by atoms with Crippen LogP contribution in [0.25, 0.3) is 0 Å². The van der Waals surface area contributed by atoms with Gasteiger partial charge in [0.25, 0.3) is 0 Å². The Balaban J connectivity index is 2.02. The molecule has 0 amide bonds. The Kier molecular flexibility index (Phi) is 5.88. The van der Waals surface area contributed by atoms with E-state index in [4.69, 9.17) is 9.47 Å². The first-order valence-corrected chi connectivity index (χ1v) is 8.59. The van der Waals surface area contributed by atoms with Crippen LogP contribution in [0, 0.1) is 6.92 Å². The van der Waals surface area contributed by atoms with E-state index in [1.54, 1.807) is 6.92 Å². The molecular formula is C17H23N3O3S. The molecule has 2 rings (SSSR count). The summed E-state index contributed by atoms with van der Waals surface area (Å²) in [5.74, 6) is 1.21. The smallest absolute Gasteiger partial charge is 0.322 e. The molecule has 130 valence electrons. The average Bonchev–Trinajstić information content (AvgIpc) is 2.87. The molecule has 7 heteroatoms. The predicted molar refractivity (Wildman–Crippen MR) is 93.1 cm³/mol. The molecule has 0 N–H and O–H groups in total. The van der Waals surface area contributed by atoms with Gasteiger partial charge in [-0.1, -0.05) is 29.5 Å². The highest BCUT2D eigenvalue weighted by molar-refractivity contribution is 8.01. The lowest BCUT2D eigenvalue weighted by Gasteiger charge is -2.20. The Morgan fingerprint density at radius 3 is 2.54 bits per heavy atom. The number of esters is 1. The van der Waals surface area contributed by atoms with E-state index in [0.717, 1.165) is 5.75 Å². The van der Waals surface area contributed by atoms with Crippen LogP contribution < -0.4 is 4.74 Å². The van der Waals surface area contributed by atoms with Gasteiger partial charge in [0, 0.05) is 7.05 Å². The van der Waals surface area contributed by atoms with Crippen molar-refractivity contribution in [1.82, 2.24) is 14.8 Å². The van der Waals surface area contributed by atoms with Crippen LogP contribution in [0.3, 0.4) is 0 Å². The quantitative estimate of drug-likeness (QED) is 0.565. The van der Waals surface area contributed by atoms with E-state index in [1.807, 2.05) is 56.7 Å². The molecular weight excluding hydrogens is 326 g/mol. The van der Waals surface area contributed by atoms with Crippen molar-refractivity contribution in [2.45, 2.75) is 44.2 Å². The summed E-state index contributed by atoms with van der Waals surface area (Å²) < 4.78 is 11.9. The lowest BCUT2D eigenvalue weighted by atomic mass is 10.2. The molecule has 0 aliphatic heterocycles. The molecule has 0 radical (unpaired) electrons. The number of ether oxygens (including phenoxy) is 2. The molecule has 2 aromatic rings. The van der Waals surface area contributed by atoms with Crippen molar-refractivity contribution in [3.8, 4) is 5.75 Å². The van der Waals surface area contributed by atoms with Crippen LogP contribution in [0.2, 0.25) is 0 Å². The van der Waals surface area contributed by atoms with Crippen molar-refractivity contribution in [3.05, 3.63) is 35.7 Å². The van der Waals surface area contributed by atoms with E-state index >= 15 is 0 Å². The van der Waals surface area contributed by atoms with E-state index < -0.39 is 4.75 Å². The number of thioether (sulfide) groups is 1. The van der Waals surface area contributed by atoms with Crippen molar-refractivity contribution >= 4 is 17.7 Å². The summed E-state index contributed by atoms with van der Waals surface area (Å²) in [4.78, 5) is 12.0. The number of hydrogen-bond acceptors (Lipinski definition) is 6. The molecule has 0 atom stereocenters. The third-order valence-corrected chi connectivity index (χ3v) is 4.64. The number of rotatable bonds is 7. The molecule has 6 nitrogen and oxygen atoms in total. The van der Waals surface area contributed by atoms with Crippen LogP contribution in [0.1, 0.15) is 32.2 Å². The summed E-state index contributed by atoms with van der Waals surface area (Å²) in [6.07, 6.45) is 0. The van der Waals surface area contributed by atoms with Gasteiger partial charge in [-0.3, -0.25) is 4.79 Å². The minimum absolute atomic E-state index is 0.268. The molecule has 1 heterocycles. The van der Waals surface area contributed by atoms with Crippen molar-refractivity contribution in [2.24, 2.45) is 7.05 Å². The van der Waals surface area contributed by atoms with Gasteiger partial charge in [-0.25, -0.2) is 0 Å². The second kappa shape index (κ2) is 7.70. The van der Waals surface area contributed by atoms with Gasteiger partial charge in [0.15, 0.2) is 11.0 Å². The minimum atomic E-state index is -0.730. The number of benzene rings is 1. The zero-order valence-electron chi connectivity index (χ0n) is 14.7. The van der Waals surface area contributed by atoms with E-state index in [9.17, 15) is 4.79 Å². The summed E-state index contributed by atoms with van der Waals surface area (Å²) >= 11 is 1.32. The summed E-state index contributed by atoms with van der Waals surface area (Å²) in [6, 6.07) is 7.83. The number of nitrogens with zero attached hydrogens (tertiary/aromatic N) is 3. The third kappa shape index (κ3) is 4.50. The topological polar surface area (TPSA) is 66.2 Å². The van der Waals surface area contributed by atoms with Gasteiger partial charge < -0.3 is 14.0 Å². The van der Waals surface area contributed by atoms with Crippen LogP contribution in [0.5, 0.6) is 5.75 Å². The molecule has 0 spiro atoms. The second-order valence-electron chi connectivity index (χ2n) is 5.89. The van der Waals surface area contributed by atoms with Crippen molar-refractivity contribution in [1.29, 1.82) is 0 Å². The van der Waals surface area contributed by atoms with Crippen LogP contribution >= 0.6 is 11.8 Å². The SMILES string of the molecule is CCOC(=O)C(C)(C)Sc1nnc(COc2ccc(C)cc2)n1C. The number of aromatic nitrogens is 3. The second-order valence-corrected chi connectivity index (χ2v) is 7.48. The normalized spacial score (nSPS) is 11.4. The zero-order valence-corrected chi connectivity index (χ0v) is 15.5. The summed E-state index contributed by atoms with van der Waals surface area (Å²) in [6.45, 7) is 8.12. The van der Waals surface area contributed by atoms with Gasteiger partial charge in [-0.15, -0.1) is 10.2 Å². The Morgan fingerprint density at radius 1 is 1.25 bits per heavy atom. The highest BCUT2D eigenvalue weighted by atomic mass is 32.2. The van der Waals surface area contributed by atoms with Gasteiger partial charge in [0.2, 0.25) is 0 Å². The predicted octanol–water partition coefficient (Wildman–Crippen LogP) is 3.14. The fourth-order valence-electron chi connectivity index (χ4n) is 1.92. The van der Waals surface area contributed by atoms with Crippen molar-refractivity contribution in [3.63, 3.8) is 0 Å². The monoisotopic (exact) mass is 349 g/mol. The van der Waals surface area contributed by atoms with E-state index in [2.05, 4.69) is 10.2 Å². The van der Waals surface area contributed by atoms with E-state index in [-0.39, 0.29) is 5.97 Å². The fourth-order valence-corrected chi connectivity index (χ4v) is 2.84. The molecule has 0 saturated heterocycles. The standard InChI is InChI=1S/C17H23N3O3S/c1-6-22-15(21)17(3,4)24-16-19-18-14(20(16)5)11-23-13-9-7-12(2)8-10-13/h7-10H,6,11H2,1-5H3. The molecule has 1 aromatic carbocycles. The first kappa shape index (κ1) is 18.3. The molecule has 1 aromatic heterocycles.